The first-order valence-corrected chi connectivity index (χ1v) is 6.04. The predicted molar refractivity (Wildman–Crippen MR) is 66.3 cm³/mol. The van der Waals surface area contributed by atoms with Crippen molar-refractivity contribution in [2.24, 2.45) is 0 Å². The van der Waals surface area contributed by atoms with E-state index in [0.717, 1.165) is 11.2 Å². The van der Waals surface area contributed by atoms with Crippen LogP contribution >= 0.6 is 11.3 Å². The molecule has 0 atom stereocenters. The molecule has 4 heteroatoms. The third-order valence-corrected chi connectivity index (χ3v) is 3.32. The molecule has 0 aliphatic carbocycles. The summed E-state index contributed by atoms with van der Waals surface area (Å²) in [4.78, 5) is 11.9. The van der Waals surface area contributed by atoms with Crippen molar-refractivity contribution in [3.05, 3.63) is 41.0 Å². The molecule has 0 fully saturated rings. The van der Waals surface area contributed by atoms with Gasteiger partial charge in [-0.3, -0.25) is 4.79 Å². The molecule has 0 saturated carbocycles. The SMILES string of the molecule is CCOc1cccc(-c2ccc(C=O)s2)c1F. The molecule has 1 aromatic carbocycles. The number of thiophene rings is 1. The molecule has 1 heterocycles. The second-order valence-electron chi connectivity index (χ2n) is 3.37. The predicted octanol–water partition coefficient (Wildman–Crippen LogP) is 3.77. The van der Waals surface area contributed by atoms with Crippen LogP contribution in [0.1, 0.15) is 16.6 Å². The quantitative estimate of drug-likeness (QED) is 0.772. The van der Waals surface area contributed by atoms with Gasteiger partial charge in [-0.2, -0.15) is 0 Å². The topological polar surface area (TPSA) is 26.3 Å². The van der Waals surface area contributed by atoms with E-state index in [-0.39, 0.29) is 11.6 Å². The molecule has 0 amide bonds. The van der Waals surface area contributed by atoms with E-state index >= 15 is 0 Å². The average Bonchev–Trinajstić information content (AvgIpc) is 2.80. The van der Waals surface area contributed by atoms with Gasteiger partial charge in [-0.1, -0.05) is 12.1 Å². The smallest absolute Gasteiger partial charge is 0.173 e. The summed E-state index contributed by atoms with van der Waals surface area (Å²) in [5.41, 5.74) is 0.467. The van der Waals surface area contributed by atoms with Crippen molar-refractivity contribution in [1.82, 2.24) is 0 Å². The summed E-state index contributed by atoms with van der Waals surface area (Å²) in [5.74, 6) is -0.139. The molecule has 0 aliphatic heterocycles. The highest BCUT2D eigenvalue weighted by molar-refractivity contribution is 7.17. The Kier molecular flexibility index (Phi) is 3.54. The fourth-order valence-corrected chi connectivity index (χ4v) is 2.37. The van der Waals surface area contributed by atoms with Gasteiger partial charge in [0.1, 0.15) is 0 Å². The van der Waals surface area contributed by atoms with Gasteiger partial charge in [0.2, 0.25) is 0 Å². The van der Waals surface area contributed by atoms with Crippen LogP contribution in [0.5, 0.6) is 5.75 Å². The first-order valence-electron chi connectivity index (χ1n) is 5.23. The summed E-state index contributed by atoms with van der Waals surface area (Å²) in [7, 11) is 0. The fraction of sp³-hybridized carbons (Fsp3) is 0.154. The monoisotopic (exact) mass is 250 g/mol. The lowest BCUT2D eigenvalue weighted by Gasteiger charge is -2.07. The van der Waals surface area contributed by atoms with Gasteiger partial charge in [0.15, 0.2) is 17.9 Å². The van der Waals surface area contributed by atoms with Crippen molar-refractivity contribution in [3.63, 3.8) is 0 Å². The largest absolute Gasteiger partial charge is 0.491 e. The first-order chi connectivity index (χ1) is 8.26. The minimum absolute atomic E-state index is 0.242. The molecule has 88 valence electrons. The Balaban J connectivity index is 2.44. The maximum absolute atomic E-state index is 14.1. The van der Waals surface area contributed by atoms with Crippen LogP contribution in [0.3, 0.4) is 0 Å². The summed E-state index contributed by atoms with van der Waals surface area (Å²) in [6.07, 6.45) is 0.762. The highest BCUT2D eigenvalue weighted by Gasteiger charge is 2.12. The molecule has 0 bridgehead atoms. The molecular formula is C13H11FO2S. The highest BCUT2D eigenvalue weighted by atomic mass is 32.1. The van der Waals surface area contributed by atoms with Gasteiger partial charge in [-0.05, 0) is 25.1 Å². The maximum atomic E-state index is 14.1. The van der Waals surface area contributed by atoms with Crippen molar-refractivity contribution >= 4 is 17.6 Å². The Morgan fingerprint density at radius 3 is 2.82 bits per heavy atom. The fourth-order valence-electron chi connectivity index (χ4n) is 1.53. The van der Waals surface area contributed by atoms with E-state index in [0.29, 0.717) is 17.0 Å². The van der Waals surface area contributed by atoms with E-state index in [4.69, 9.17) is 4.74 Å². The number of ether oxygens (including phenoxy) is 1. The standard InChI is InChI=1S/C13H11FO2S/c1-2-16-11-5-3-4-10(13(11)14)12-7-6-9(8-15)17-12/h3-8H,2H2,1H3. The Labute approximate surface area is 103 Å². The highest BCUT2D eigenvalue weighted by Crippen LogP contribution is 2.33. The Morgan fingerprint density at radius 2 is 2.18 bits per heavy atom. The Morgan fingerprint density at radius 1 is 1.35 bits per heavy atom. The van der Waals surface area contributed by atoms with Crippen molar-refractivity contribution in [1.29, 1.82) is 0 Å². The number of carbonyl (C=O) groups is 1. The molecule has 0 N–H and O–H groups in total. The second kappa shape index (κ2) is 5.10. The van der Waals surface area contributed by atoms with E-state index in [1.54, 1.807) is 30.3 Å². The molecule has 0 aliphatic rings. The van der Waals surface area contributed by atoms with Crippen LogP contribution in [0.4, 0.5) is 4.39 Å². The zero-order chi connectivity index (χ0) is 12.3. The summed E-state index contributed by atoms with van der Waals surface area (Å²) < 4.78 is 19.2. The van der Waals surface area contributed by atoms with E-state index in [2.05, 4.69) is 0 Å². The molecule has 2 aromatic rings. The zero-order valence-electron chi connectivity index (χ0n) is 9.27. The van der Waals surface area contributed by atoms with E-state index < -0.39 is 0 Å². The van der Waals surface area contributed by atoms with E-state index in [1.807, 2.05) is 6.92 Å². The Bertz CT molecular complexity index is 534. The zero-order valence-corrected chi connectivity index (χ0v) is 10.1. The van der Waals surface area contributed by atoms with Crippen molar-refractivity contribution in [3.8, 4) is 16.2 Å². The molecule has 0 unspecified atom stereocenters. The lowest BCUT2D eigenvalue weighted by Crippen LogP contribution is -1.95. The number of halogens is 1. The van der Waals surface area contributed by atoms with Crippen LogP contribution in [-0.4, -0.2) is 12.9 Å². The van der Waals surface area contributed by atoms with Gasteiger partial charge in [0.25, 0.3) is 0 Å². The second-order valence-corrected chi connectivity index (χ2v) is 4.49. The summed E-state index contributed by atoms with van der Waals surface area (Å²) in [6.45, 7) is 2.23. The van der Waals surface area contributed by atoms with Crippen LogP contribution in [-0.2, 0) is 0 Å². The van der Waals surface area contributed by atoms with Gasteiger partial charge < -0.3 is 4.74 Å². The number of hydrogen-bond donors (Lipinski definition) is 0. The number of aldehydes is 1. The molecule has 0 saturated heterocycles. The van der Waals surface area contributed by atoms with E-state index in [9.17, 15) is 9.18 Å². The van der Waals surface area contributed by atoms with Gasteiger partial charge in [0, 0.05) is 10.4 Å². The van der Waals surface area contributed by atoms with E-state index in [1.165, 1.54) is 11.3 Å². The molecule has 0 spiro atoms. The van der Waals surface area contributed by atoms with Gasteiger partial charge in [-0.15, -0.1) is 11.3 Å². The summed E-state index contributed by atoms with van der Waals surface area (Å²) in [6, 6.07) is 8.43. The molecular weight excluding hydrogens is 239 g/mol. The van der Waals surface area contributed by atoms with Crippen LogP contribution in [0.25, 0.3) is 10.4 Å². The third kappa shape index (κ3) is 2.36. The molecule has 2 nitrogen and oxygen atoms in total. The number of benzene rings is 1. The van der Waals surface area contributed by atoms with Crippen molar-refractivity contribution < 1.29 is 13.9 Å². The normalized spacial score (nSPS) is 10.2. The summed E-state index contributed by atoms with van der Waals surface area (Å²) in [5, 5.41) is 0. The van der Waals surface area contributed by atoms with Crippen LogP contribution in [0, 0.1) is 5.82 Å². The lowest BCUT2D eigenvalue weighted by atomic mass is 10.1. The van der Waals surface area contributed by atoms with Gasteiger partial charge >= 0.3 is 0 Å². The van der Waals surface area contributed by atoms with Gasteiger partial charge in [0.05, 0.1) is 11.5 Å². The van der Waals surface area contributed by atoms with Crippen molar-refractivity contribution in [2.45, 2.75) is 6.92 Å². The van der Waals surface area contributed by atoms with Crippen molar-refractivity contribution in [2.75, 3.05) is 6.61 Å². The minimum Gasteiger partial charge on any atom is -0.491 e. The summed E-state index contributed by atoms with van der Waals surface area (Å²) >= 11 is 1.26. The third-order valence-electron chi connectivity index (χ3n) is 2.27. The molecule has 17 heavy (non-hydrogen) atoms. The molecule has 0 radical (unpaired) electrons. The van der Waals surface area contributed by atoms with Crippen LogP contribution in [0.2, 0.25) is 0 Å². The van der Waals surface area contributed by atoms with Crippen LogP contribution < -0.4 is 4.74 Å². The maximum Gasteiger partial charge on any atom is 0.173 e. The van der Waals surface area contributed by atoms with Crippen LogP contribution in [0.15, 0.2) is 30.3 Å². The molecule has 1 aromatic heterocycles. The number of carbonyl (C=O) groups excluding carboxylic acids is 1. The lowest BCUT2D eigenvalue weighted by molar-refractivity contribution is 0.112. The Hall–Kier alpha value is -1.68. The molecule has 2 rings (SSSR count). The minimum atomic E-state index is -0.381. The number of hydrogen-bond acceptors (Lipinski definition) is 3. The number of rotatable bonds is 4. The average molecular weight is 250 g/mol. The first kappa shape index (κ1) is 11.8. The van der Waals surface area contributed by atoms with Gasteiger partial charge in [-0.25, -0.2) is 4.39 Å².